The Kier molecular flexibility index (Phi) is 4.17. The van der Waals surface area contributed by atoms with E-state index in [2.05, 4.69) is 34.7 Å². The van der Waals surface area contributed by atoms with Gasteiger partial charge >= 0.3 is 0 Å². The smallest absolute Gasteiger partial charge is 0.226 e. The average molecular weight is 302 g/mol. The van der Waals surface area contributed by atoms with E-state index >= 15 is 0 Å². The molecule has 2 rings (SSSR count). The molecule has 0 aromatic rings. The molecule has 1 aliphatic heterocycles. The number of hydrogen-bond donors (Lipinski definition) is 0. The third-order valence-corrected chi connectivity index (χ3v) is 5.13. The van der Waals surface area contributed by atoms with E-state index < -0.39 is 0 Å². The summed E-state index contributed by atoms with van der Waals surface area (Å²) in [5.41, 5.74) is 0.227. The van der Waals surface area contributed by atoms with Gasteiger partial charge in [-0.1, -0.05) is 36.2 Å². The number of carbonyl (C=O) groups is 1. The van der Waals surface area contributed by atoms with Crippen molar-refractivity contribution >= 4 is 21.8 Å². The summed E-state index contributed by atoms with van der Waals surface area (Å²) in [6.45, 7) is 6.50. The maximum atomic E-state index is 12.5. The SMILES string of the molecule is CC1(C)CCCC1C(=O)N1CCC(CCBr)C1. The molecule has 0 N–H and O–H groups in total. The molecule has 98 valence electrons. The number of likely N-dealkylation sites (tertiary alicyclic amines) is 1. The maximum Gasteiger partial charge on any atom is 0.226 e. The van der Waals surface area contributed by atoms with E-state index in [0.29, 0.717) is 5.91 Å². The zero-order valence-electron chi connectivity index (χ0n) is 11.0. The Hall–Kier alpha value is -0.0500. The van der Waals surface area contributed by atoms with E-state index in [4.69, 9.17) is 0 Å². The van der Waals surface area contributed by atoms with E-state index in [9.17, 15) is 4.79 Å². The molecule has 1 saturated heterocycles. The predicted molar refractivity (Wildman–Crippen MR) is 74.2 cm³/mol. The molecular formula is C14H24BrNO. The molecule has 1 heterocycles. The van der Waals surface area contributed by atoms with Gasteiger partial charge in [-0.15, -0.1) is 0 Å². The Morgan fingerprint density at radius 3 is 2.76 bits per heavy atom. The first-order valence-corrected chi connectivity index (χ1v) is 8.01. The molecule has 0 bridgehead atoms. The molecule has 2 aliphatic rings. The van der Waals surface area contributed by atoms with Gasteiger partial charge in [-0.05, 0) is 37.0 Å². The van der Waals surface area contributed by atoms with Crippen LogP contribution in [-0.2, 0) is 4.79 Å². The zero-order valence-corrected chi connectivity index (χ0v) is 12.6. The van der Waals surface area contributed by atoms with Gasteiger partial charge in [0.2, 0.25) is 5.91 Å². The Labute approximate surface area is 113 Å². The highest BCUT2D eigenvalue weighted by molar-refractivity contribution is 9.09. The van der Waals surface area contributed by atoms with E-state index in [1.54, 1.807) is 0 Å². The molecule has 17 heavy (non-hydrogen) atoms. The van der Waals surface area contributed by atoms with Crippen molar-refractivity contribution in [3.8, 4) is 0 Å². The quantitative estimate of drug-likeness (QED) is 0.731. The minimum atomic E-state index is 0.227. The van der Waals surface area contributed by atoms with Crippen LogP contribution in [0.5, 0.6) is 0 Å². The van der Waals surface area contributed by atoms with Crippen LogP contribution in [0.2, 0.25) is 0 Å². The van der Waals surface area contributed by atoms with Crippen molar-refractivity contribution < 1.29 is 4.79 Å². The number of carbonyl (C=O) groups excluding carboxylic acids is 1. The van der Waals surface area contributed by atoms with Gasteiger partial charge in [0.25, 0.3) is 0 Å². The first kappa shape index (κ1) is 13.4. The van der Waals surface area contributed by atoms with Crippen molar-refractivity contribution in [3.63, 3.8) is 0 Å². The standard InChI is InChI=1S/C14H24BrNO/c1-14(2)7-3-4-12(14)13(17)16-9-6-11(10-16)5-8-15/h11-12H,3-10H2,1-2H3. The van der Waals surface area contributed by atoms with Gasteiger partial charge in [0, 0.05) is 24.3 Å². The van der Waals surface area contributed by atoms with Gasteiger partial charge in [-0.2, -0.15) is 0 Å². The van der Waals surface area contributed by atoms with E-state index in [1.807, 2.05) is 0 Å². The second kappa shape index (κ2) is 5.29. The largest absolute Gasteiger partial charge is 0.342 e. The minimum Gasteiger partial charge on any atom is -0.342 e. The number of amides is 1. The lowest BCUT2D eigenvalue weighted by atomic mass is 9.81. The molecule has 0 aromatic heterocycles. The Balaban J connectivity index is 1.93. The molecule has 2 fully saturated rings. The summed E-state index contributed by atoms with van der Waals surface area (Å²) in [4.78, 5) is 14.7. The first-order valence-electron chi connectivity index (χ1n) is 6.89. The van der Waals surface area contributed by atoms with Gasteiger partial charge in [-0.25, -0.2) is 0 Å². The van der Waals surface area contributed by atoms with Gasteiger partial charge < -0.3 is 4.90 Å². The van der Waals surface area contributed by atoms with Gasteiger partial charge in [0.1, 0.15) is 0 Å². The topological polar surface area (TPSA) is 20.3 Å². The van der Waals surface area contributed by atoms with Crippen molar-refractivity contribution in [2.75, 3.05) is 18.4 Å². The van der Waals surface area contributed by atoms with Gasteiger partial charge in [0.15, 0.2) is 0 Å². The molecule has 2 atom stereocenters. The van der Waals surface area contributed by atoms with Crippen molar-refractivity contribution in [1.82, 2.24) is 4.90 Å². The molecular weight excluding hydrogens is 278 g/mol. The lowest BCUT2D eigenvalue weighted by Gasteiger charge is -2.30. The third-order valence-electron chi connectivity index (χ3n) is 4.67. The highest BCUT2D eigenvalue weighted by atomic mass is 79.9. The van der Waals surface area contributed by atoms with Crippen LogP contribution in [0.25, 0.3) is 0 Å². The summed E-state index contributed by atoms with van der Waals surface area (Å²) in [6.07, 6.45) is 5.94. The van der Waals surface area contributed by atoms with Gasteiger partial charge in [-0.3, -0.25) is 4.79 Å². The van der Waals surface area contributed by atoms with E-state index in [0.717, 1.165) is 30.8 Å². The monoisotopic (exact) mass is 301 g/mol. The minimum absolute atomic E-state index is 0.227. The summed E-state index contributed by atoms with van der Waals surface area (Å²) < 4.78 is 0. The Morgan fingerprint density at radius 1 is 1.41 bits per heavy atom. The van der Waals surface area contributed by atoms with Crippen LogP contribution < -0.4 is 0 Å². The first-order chi connectivity index (χ1) is 8.04. The van der Waals surface area contributed by atoms with Crippen LogP contribution in [0, 0.1) is 17.3 Å². The number of alkyl halides is 1. The summed E-state index contributed by atoms with van der Waals surface area (Å²) in [6, 6.07) is 0. The molecule has 1 saturated carbocycles. The molecule has 2 unspecified atom stereocenters. The number of nitrogens with zero attached hydrogens (tertiary/aromatic N) is 1. The molecule has 1 aliphatic carbocycles. The van der Waals surface area contributed by atoms with Crippen molar-refractivity contribution in [3.05, 3.63) is 0 Å². The number of halogens is 1. The fraction of sp³-hybridized carbons (Fsp3) is 0.929. The fourth-order valence-corrected chi connectivity index (χ4v) is 4.08. The average Bonchev–Trinajstić information content (AvgIpc) is 2.84. The Morgan fingerprint density at radius 2 is 2.18 bits per heavy atom. The number of hydrogen-bond acceptors (Lipinski definition) is 1. The zero-order chi connectivity index (χ0) is 12.5. The summed E-state index contributed by atoms with van der Waals surface area (Å²) in [7, 11) is 0. The summed E-state index contributed by atoms with van der Waals surface area (Å²) >= 11 is 3.50. The van der Waals surface area contributed by atoms with Crippen molar-refractivity contribution in [2.45, 2.75) is 46.0 Å². The Bertz CT molecular complexity index is 290. The lowest BCUT2D eigenvalue weighted by Crippen LogP contribution is -2.38. The van der Waals surface area contributed by atoms with Crippen LogP contribution in [-0.4, -0.2) is 29.2 Å². The predicted octanol–water partition coefficient (Wildman–Crippen LogP) is 3.45. The van der Waals surface area contributed by atoms with Crippen molar-refractivity contribution in [2.24, 2.45) is 17.3 Å². The van der Waals surface area contributed by atoms with Crippen LogP contribution >= 0.6 is 15.9 Å². The third kappa shape index (κ3) is 2.86. The van der Waals surface area contributed by atoms with Crippen LogP contribution in [0.4, 0.5) is 0 Å². The highest BCUT2D eigenvalue weighted by Gasteiger charge is 2.42. The maximum absolute atomic E-state index is 12.5. The van der Waals surface area contributed by atoms with Crippen LogP contribution in [0.3, 0.4) is 0 Å². The molecule has 0 spiro atoms. The highest BCUT2D eigenvalue weighted by Crippen LogP contribution is 2.44. The van der Waals surface area contributed by atoms with Gasteiger partial charge in [0.05, 0.1) is 0 Å². The number of rotatable bonds is 3. The normalized spacial score (nSPS) is 32.1. The van der Waals surface area contributed by atoms with Crippen molar-refractivity contribution in [1.29, 1.82) is 0 Å². The van der Waals surface area contributed by atoms with Crippen LogP contribution in [0.15, 0.2) is 0 Å². The van der Waals surface area contributed by atoms with Crippen LogP contribution in [0.1, 0.15) is 46.0 Å². The summed E-state index contributed by atoms with van der Waals surface area (Å²) in [5, 5.41) is 1.06. The molecule has 0 aromatic carbocycles. The summed E-state index contributed by atoms with van der Waals surface area (Å²) in [5.74, 6) is 1.44. The van der Waals surface area contributed by atoms with E-state index in [-0.39, 0.29) is 11.3 Å². The second-order valence-corrected chi connectivity index (χ2v) is 7.14. The fourth-order valence-electron chi connectivity index (χ4n) is 3.43. The lowest BCUT2D eigenvalue weighted by molar-refractivity contribution is -0.137. The second-order valence-electron chi connectivity index (χ2n) is 6.35. The molecule has 1 amide bonds. The van der Waals surface area contributed by atoms with E-state index in [1.165, 1.54) is 25.7 Å². The molecule has 3 heteroatoms. The molecule has 0 radical (unpaired) electrons. The molecule has 2 nitrogen and oxygen atoms in total.